The Bertz CT molecular complexity index is 1070. The van der Waals surface area contributed by atoms with Crippen LogP contribution in [0.25, 0.3) is 17.1 Å². The van der Waals surface area contributed by atoms with Crippen LogP contribution in [0.15, 0.2) is 58.5 Å². The number of rotatable bonds is 5. The van der Waals surface area contributed by atoms with Crippen LogP contribution >= 0.6 is 11.8 Å². The van der Waals surface area contributed by atoms with Crippen molar-refractivity contribution in [3.63, 3.8) is 0 Å². The molecule has 0 aliphatic heterocycles. The van der Waals surface area contributed by atoms with Gasteiger partial charge in [-0.3, -0.25) is 4.57 Å². The summed E-state index contributed by atoms with van der Waals surface area (Å²) in [6, 6.07) is 12.2. The van der Waals surface area contributed by atoms with Gasteiger partial charge in [-0.15, -0.1) is 10.2 Å². The molecule has 0 amide bonds. The second kappa shape index (κ2) is 7.32. The molecule has 0 atom stereocenters. The lowest BCUT2D eigenvalue weighted by Crippen LogP contribution is -1.98. The van der Waals surface area contributed by atoms with Gasteiger partial charge in [0.15, 0.2) is 11.0 Å². The van der Waals surface area contributed by atoms with Crippen molar-refractivity contribution < 1.29 is 8.91 Å². The monoisotopic (exact) mass is 381 g/mol. The third-order valence-electron chi connectivity index (χ3n) is 4.02. The SMILES string of the molecule is Cc1ccc(-n2cnnc2SCc2noc(-c3ccc(F)cc3)n2)c(C)c1. The molecule has 6 nitrogen and oxygen atoms in total. The van der Waals surface area contributed by atoms with Gasteiger partial charge < -0.3 is 4.52 Å². The van der Waals surface area contributed by atoms with Gasteiger partial charge in [0.1, 0.15) is 12.1 Å². The first-order valence-corrected chi connectivity index (χ1v) is 9.28. The van der Waals surface area contributed by atoms with Crippen molar-refractivity contribution in [1.82, 2.24) is 24.9 Å². The van der Waals surface area contributed by atoms with Crippen LogP contribution in [0, 0.1) is 19.7 Å². The molecule has 4 rings (SSSR count). The van der Waals surface area contributed by atoms with Crippen LogP contribution in [-0.2, 0) is 5.75 Å². The zero-order valence-electron chi connectivity index (χ0n) is 14.8. The Hall–Kier alpha value is -3.00. The van der Waals surface area contributed by atoms with Crippen molar-refractivity contribution in [2.45, 2.75) is 24.8 Å². The Kier molecular flexibility index (Phi) is 4.72. The molecule has 0 unspecified atom stereocenters. The molecule has 0 bridgehead atoms. The molecule has 27 heavy (non-hydrogen) atoms. The number of aromatic nitrogens is 5. The highest BCUT2D eigenvalue weighted by atomic mass is 32.2. The van der Waals surface area contributed by atoms with Crippen molar-refractivity contribution in [2.75, 3.05) is 0 Å². The van der Waals surface area contributed by atoms with Crippen LogP contribution in [0.1, 0.15) is 17.0 Å². The Labute approximate surface area is 159 Å². The number of hydrogen-bond donors (Lipinski definition) is 0. The molecule has 0 N–H and O–H groups in total. The summed E-state index contributed by atoms with van der Waals surface area (Å²) >= 11 is 1.47. The summed E-state index contributed by atoms with van der Waals surface area (Å²) < 4.78 is 20.2. The largest absolute Gasteiger partial charge is 0.334 e. The van der Waals surface area contributed by atoms with Crippen LogP contribution in [-0.4, -0.2) is 24.9 Å². The molecule has 2 heterocycles. The molecular weight excluding hydrogens is 365 g/mol. The molecule has 0 aliphatic rings. The summed E-state index contributed by atoms with van der Waals surface area (Å²) in [7, 11) is 0. The number of thioether (sulfide) groups is 1. The van der Waals surface area contributed by atoms with Gasteiger partial charge in [-0.05, 0) is 49.7 Å². The van der Waals surface area contributed by atoms with Crippen LogP contribution in [0.3, 0.4) is 0 Å². The highest BCUT2D eigenvalue weighted by Crippen LogP contribution is 2.25. The lowest BCUT2D eigenvalue weighted by molar-refractivity contribution is 0.425. The second-order valence-electron chi connectivity index (χ2n) is 6.08. The fourth-order valence-electron chi connectivity index (χ4n) is 2.72. The Morgan fingerprint density at radius 3 is 2.70 bits per heavy atom. The zero-order chi connectivity index (χ0) is 18.8. The molecular formula is C19H16FN5OS. The third-order valence-corrected chi connectivity index (χ3v) is 4.96. The van der Waals surface area contributed by atoms with E-state index < -0.39 is 0 Å². The van der Waals surface area contributed by atoms with Crippen molar-refractivity contribution in [3.8, 4) is 17.1 Å². The zero-order valence-corrected chi connectivity index (χ0v) is 15.6. The summed E-state index contributed by atoms with van der Waals surface area (Å²) in [6.45, 7) is 4.12. The molecule has 0 saturated heterocycles. The van der Waals surface area contributed by atoms with E-state index in [0.29, 0.717) is 23.0 Å². The van der Waals surface area contributed by atoms with E-state index in [1.807, 2.05) is 4.57 Å². The van der Waals surface area contributed by atoms with Crippen LogP contribution in [0.5, 0.6) is 0 Å². The maximum Gasteiger partial charge on any atom is 0.257 e. The topological polar surface area (TPSA) is 69.6 Å². The average molecular weight is 381 g/mol. The standard InChI is InChI=1S/C19H16FN5OS/c1-12-3-8-16(13(2)9-12)25-11-21-23-19(25)27-10-17-22-18(26-24-17)14-4-6-15(20)7-5-14/h3-9,11H,10H2,1-2H3. The fraction of sp³-hybridized carbons (Fsp3) is 0.158. The van der Waals surface area contributed by atoms with Gasteiger partial charge in [-0.2, -0.15) is 4.98 Å². The average Bonchev–Trinajstić information content (AvgIpc) is 3.30. The predicted octanol–water partition coefficient (Wildman–Crippen LogP) is 4.37. The predicted molar refractivity (Wildman–Crippen MR) is 100 cm³/mol. The van der Waals surface area contributed by atoms with E-state index in [1.54, 1.807) is 18.5 Å². The molecule has 0 aliphatic carbocycles. The van der Waals surface area contributed by atoms with Crippen molar-refractivity contribution in [2.24, 2.45) is 0 Å². The Morgan fingerprint density at radius 1 is 1.11 bits per heavy atom. The number of nitrogens with zero attached hydrogens (tertiary/aromatic N) is 5. The van der Waals surface area contributed by atoms with Gasteiger partial charge in [0.25, 0.3) is 5.89 Å². The quantitative estimate of drug-likeness (QED) is 0.478. The second-order valence-corrected chi connectivity index (χ2v) is 7.03. The summed E-state index contributed by atoms with van der Waals surface area (Å²) in [5.41, 5.74) is 4.07. The first-order chi connectivity index (χ1) is 13.1. The lowest BCUT2D eigenvalue weighted by atomic mass is 10.1. The van der Waals surface area contributed by atoms with Gasteiger partial charge in [0.05, 0.1) is 11.4 Å². The highest BCUT2D eigenvalue weighted by Gasteiger charge is 2.13. The first kappa shape index (κ1) is 17.4. The van der Waals surface area contributed by atoms with Crippen molar-refractivity contribution in [3.05, 3.63) is 71.6 Å². The molecule has 0 radical (unpaired) electrons. The van der Waals surface area contributed by atoms with Gasteiger partial charge in [0, 0.05) is 5.56 Å². The van der Waals surface area contributed by atoms with Gasteiger partial charge >= 0.3 is 0 Å². The van der Waals surface area contributed by atoms with E-state index in [0.717, 1.165) is 16.4 Å². The van der Waals surface area contributed by atoms with Gasteiger partial charge in [-0.25, -0.2) is 4.39 Å². The maximum absolute atomic E-state index is 13.0. The Morgan fingerprint density at radius 2 is 1.93 bits per heavy atom. The normalized spacial score (nSPS) is 11.1. The minimum Gasteiger partial charge on any atom is -0.334 e. The van der Waals surface area contributed by atoms with Crippen LogP contribution in [0.4, 0.5) is 4.39 Å². The van der Waals surface area contributed by atoms with E-state index >= 15 is 0 Å². The van der Waals surface area contributed by atoms with Crippen molar-refractivity contribution in [1.29, 1.82) is 0 Å². The first-order valence-electron chi connectivity index (χ1n) is 8.29. The molecule has 0 fully saturated rings. The van der Waals surface area contributed by atoms with Crippen molar-refractivity contribution >= 4 is 11.8 Å². The van der Waals surface area contributed by atoms with Gasteiger partial charge in [0.2, 0.25) is 0 Å². The van der Waals surface area contributed by atoms with E-state index in [1.165, 1.54) is 29.5 Å². The number of halogens is 1. The lowest BCUT2D eigenvalue weighted by Gasteiger charge is -2.09. The molecule has 0 spiro atoms. The smallest absolute Gasteiger partial charge is 0.257 e. The Balaban J connectivity index is 1.50. The molecule has 4 aromatic rings. The highest BCUT2D eigenvalue weighted by molar-refractivity contribution is 7.98. The molecule has 8 heteroatoms. The third kappa shape index (κ3) is 3.75. The molecule has 136 valence electrons. The molecule has 2 aromatic carbocycles. The maximum atomic E-state index is 13.0. The fourth-order valence-corrected chi connectivity index (χ4v) is 3.48. The summed E-state index contributed by atoms with van der Waals surface area (Å²) in [6.07, 6.45) is 1.69. The van der Waals surface area contributed by atoms with Crippen LogP contribution < -0.4 is 0 Å². The minimum absolute atomic E-state index is 0.306. The summed E-state index contributed by atoms with van der Waals surface area (Å²) in [5.74, 6) is 1.07. The number of aryl methyl sites for hydroxylation is 2. The van der Waals surface area contributed by atoms with E-state index in [-0.39, 0.29) is 5.82 Å². The van der Waals surface area contributed by atoms with Crippen LogP contribution in [0.2, 0.25) is 0 Å². The number of benzene rings is 2. The summed E-state index contributed by atoms with van der Waals surface area (Å²) in [5, 5.41) is 13.0. The minimum atomic E-state index is -0.306. The van der Waals surface area contributed by atoms with Gasteiger partial charge in [-0.1, -0.05) is 34.6 Å². The van der Waals surface area contributed by atoms with E-state index in [2.05, 4.69) is 52.4 Å². The summed E-state index contributed by atoms with van der Waals surface area (Å²) in [4.78, 5) is 4.36. The van der Waals surface area contributed by atoms with E-state index in [4.69, 9.17) is 4.52 Å². The van der Waals surface area contributed by atoms with E-state index in [9.17, 15) is 4.39 Å². The molecule has 0 saturated carbocycles. The number of hydrogen-bond acceptors (Lipinski definition) is 6. The molecule has 2 aromatic heterocycles.